The lowest BCUT2D eigenvalue weighted by Crippen LogP contribution is -2.25. The molecule has 2 N–H and O–H groups in total. The molecule has 1 amide bonds. The number of benzene rings is 1. The van der Waals surface area contributed by atoms with Gasteiger partial charge in [0.15, 0.2) is 0 Å². The van der Waals surface area contributed by atoms with Gasteiger partial charge in [0.05, 0.1) is 6.10 Å². The van der Waals surface area contributed by atoms with Crippen molar-refractivity contribution < 1.29 is 9.90 Å². The number of aliphatic hydroxyl groups is 1. The third-order valence-electron chi connectivity index (χ3n) is 3.37. The third-order valence-corrected chi connectivity index (χ3v) is 3.37. The maximum Gasteiger partial charge on any atom is 0.220 e. The van der Waals surface area contributed by atoms with Crippen molar-refractivity contribution in [3.63, 3.8) is 0 Å². The molecule has 1 aliphatic rings. The van der Waals surface area contributed by atoms with Crippen LogP contribution >= 0.6 is 0 Å². The number of amides is 1. The lowest BCUT2D eigenvalue weighted by Gasteiger charge is -2.14. The molecule has 0 radical (unpaired) electrons. The minimum absolute atomic E-state index is 0.0568. The van der Waals surface area contributed by atoms with Gasteiger partial charge in [-0.1, -0.05) is 23.8 Å². The Morgan fingerprint density at radius 1 is 1.44 bits per heavy atom. The first kappa shape index (κ1) is 13.1. The van der Waals surface area contributed by atoms with Gasteiger partial charge in [-0.2, -0.15) is 0 Å². The van der Waals surface area contributed by atoms with Gasteiger partial charge in [0.25, 0.3) is 0 Å². The predicted molar refractivity (Wildman–Crippen MR) is 71.3 cm³/mol. The second-order valence-electron chi connectivity index (χ2n) is 5.26. The molecule has 1 aromatic rings. The smallest absolute Gasteiger partial charge is 0.220 e. The molecule has 0 saturated heterocycles. The van der Waals surface area contributed by atoms with Crippen molar-refractivity contribution >= 4 is 5.91 Å². The van der Waals surface area contributed by atoms with E-state index in [1.165, 1.54) is 5.56 Å². The zero-order valence-electron chi connectivity index (χ0n) is 11.1. The molecule has 2 rings (SSSR count). The van der Waals surface area contributed by atoms with Crippen LogP contribution in [0.1, 0.15) is 48.5 Å². The van der Waals surface area contributed by atoms with E-state index in [9.17, 15) is 9.90 Å². The van der Waals surface area contributed by atoms with Crippen molar-refractivity contribution in [2.24, 2.45) is 0 Å². The molecule has 1 saturated carbocycles. The fourth-order valence-electron chi connectivity index (χ4n) is 2.15. The summed E-state index contributed by atoms with van der Waals surface area (Å²) in [6.07, 6.45) is 2.54. The van der Waals surface area contributed by atoms with Crippen LogP contribution in [-0.2, 0) is 4.79 Å². The van der Waals surface area contributed by atoms with E-state index in [1.807, 2.05) is 26.0 Å². The molecule has 1 fully saturated rings. The summed E-state index contributed by atoms with van der Waals surface area (Å²) in [6.45, 7) is 4.03. The SMILES string of the molecule is Cc1ccc(C(O)CCC(=O)NC2CC2)c(C)c1. The first-order chi connectivity index (χ1) is 8.56. The van der Waals surface area contributed by atoms with Crippen molar-refractivity contribution in [3.8, 4) is 0 Å². The molecule has 18 heavy (non-hydrogen) atoms. The molecule has 98 valence electrons. The summed E-state index contributed by atoms with van der Waals surface area (Å²) in [4.78, 5) is 11.5. The summed E-state index contributed by atoms with van der Waals surface area (Å²) in [5.74, 6) is 0.0568. The number of aliphatic hydroxyl groups excluding tert-OH is 1. The summed E-state index contributed by atoms with van der Waals surface area (Å²) >= 11 is 0. The molecule has 1 aliphatic carbocycles. The topological polar surface area (TPSA) is 49.3 Å². The van der Waals surface area contributed by atoms with Crippen LogP contribution in [0, 0.1) is 13.8 Å². The number of nitrogens with one attached hydrogen (secondary N) is 1. The first-order valence-electron chi connectivity index (χ1n) is 6.61. The summed E-state index contributed by atoms with van der Waals surface area (Å²) in [7, 11) is 0. The lowest BCUT2D eigenvalue weighted by molar-refractivity contribution is -0.121. The minimum Gasteiger partial charge on any atom is -0.388 e. The number of carbonyl (C=O) groups is 1. The molecule has 0 bridgehead atoms. The number of hydrogen-bond acceptors (Lipinski definition) is 2. The van der Waals surface area contributed by atoms with Gasteiger partial charge >= 0.3 is 0 Å². The van der Waals surface area contributed by atoms with Crippen LogP contribution < -0.4 is 5.32 Å². The molecular formula is C15H21NO2. The number of hydrogen-bond donors (Lipinski definition) is 2. The second kappa shape index (κ2) is 5.53. The second-order valence-corrected chi connectivity index (χ2v) is 5.26. The van der Waals surface area contributed by atoms with E-state index >= 15 is 0 Å². The molecule has 1 atom stereocenters. The zero-order valence-corrected chi connectivity index (χ0v) is 11.1. The fourth-order valence-corrected chi connectivity index (χ4v) is 2.15. The van der Waals surface area contributed by atoms with Gasteiger partial charge in [-0.3, -0.25) is 4.79 Å². The Morgan fingerprint density at radius 3 is 2.78 bits per heavy atom. The van der Waals surface area contributed by atoms with Crippen LogP contribution in [0.25, 0.3) is 0 Å². The lowest BCUT2D eigenvalue weighted by atomic mass is 9.98. The van der Waals surface area contributed by atoms with Crippen LogP contribution in [0.5, 0.6) is 0 Å². The van der Waals surface area contributed by atoms with Gasteiger partial charge < -0.3 is 10.4 Å². The first-order valence-corrected chi connectivity index (χ1v) is 6.61. The molecule has 1 unspecified atom stereocenters. The Bertz CT molecular complexity index is 438. The van der Waals surface area contributed by atoms with Crippen molar-refractivity contribution in [2.45, 2.75) is 51.7 Å². The highest BCUT2D eigenvalue weighted by atomic mass is 16.3. The molecular weight excluding hydrogens is 226 g/mol. The normalized spacial score (nSPS) is 16.4. The highest BCUT2D eigenvalue weighted by Gasteiger charge is 2.23. The molecule has 0 heterocycles. The standard InChI is InChI=1S/C15H21NO2/c1-10-3-6-13(11(2)9-10)14(17)7-8-15(18)16-12-4-5-12/h3,6,9,12,14,17H,4-5,7-8H2,1-2H3,(H,16,18). The largest absolute Gasteiger partial charge is 0.388 e. The van der Waals surface area contributed by atoms with Gasteiger partial charge in [0.2, 0.25) is 5.91 Å². The van der Waals surface area contributed by atoms with Gasteiger partial charge in [0, 0.05) is 12.5 Å². The molecule has 0 aromatic heterocycles. The van der Waals surface area contributed by atoms with Crippen LogP contribution in [0.2, 0.25) is 0 Å². The summed E-state index contributed by atoms with van der Waals surface area (Å²) in [5.41, 5.74) is 3.21. The summed E-state index contributed by atoms with van der Waals surface area (Å²) in [5, 5.41) is 13.0. The molecule has 3 heteroatoms. The van der Waals surface area contributed by atoms with Gasteiger partial charge in [0.1, 0.15) is 0 Å². The van der Waals surface area contributed by atoms with Crippen LogP contribution in [-0.4, -0.2) is 17.1 Å². The van der Waals surface area contributed by atoms with Crippen LogP contribution in [0.4, 0.5) is 0 Å². The Hall–Kier alpha value is -1.35. The van der Waals surface area contributed by atoms with Crippen LogP contribution in [0.3, 0.4) is 0 Å². The van der Waals surface area contributed by atoms with Crippen molar-refractivity contribution in [2.75, 3.05) is 0 Å². The van der Waals surface area contributed by atoms with E-state index in [1.54, 1.807) is 0 Å². The Balaban J connectivity index is 1.86. The number of aryl methyl sites for hydroxylation is 2. The monoisotopic (exact) mass is 247 g/mol. The molecule has 3 nitrogen and oxygen atoms in total. The van der Waals surface area contributed by atoms with E-state index < -0.39 is 6.10 Å². The van der Waals surface area contributed by atoms with E-state index in [-0.39, 0.29) is 5.91 Å². The fraction of sp³-hybridized carbons (Fsp3) is 0.533. The molecule has 1 aromatic carbocycles. The van der Waals surface area contributed by atoms with Crippen molar-refractivity contribution in [3.05, 3.63) is 34.9 Å². The Labute approximate surface area is 108 Å². The maximum absolute atomic E-state index is 11.5. The van der Waals surface area contributed by atoms with Gasteiger partial charge in [-0.15, -0.1) is 0 Å². The number of carbonyl (C=O) groups excluding carboxylic acids is 1. The van der Waals surface area contributed by atoms with Gasteiger partial charge in [-0.05, 0) is 44.2 Å². The van der Waals surface area contributed by atoms with E-state index in [4.69, 9.17) is 0 Å². The molecule has 0 spiro atoms. The van der Waals surface area contributed by atoms with E-state index in [0.29, 0.717) is 18.9 Å². The van der Waals surface area contributed by atoms with Crippen LogP contribution in [0.15, 0.2) is 18.2 Å². The third kappa shape index (κ3) is 3.57. The highest BCUT2D eigenvalue weighted by Crippen LogP contribution is 2.23. The highest BCUT2D eigenvalue weighted by molar-refractivity contribution is 5.76. The van der Waals surface area contributed by atoms with Crippen molar-refractivity contribution in [1.29, 1.82) is 0 Å². The number of rotatable bonds is 5. The van der Waals surface area contributed by atoms with E-state index in [2.05, 4.69) is 11.4 Å². The predicted octanol–water partition coefficient (Wildman–Crippen LogP) is 2.40. The molecule has 0 aliphatic heterocycles. The Morgan fingerprint density at radius 2 is 2.17 bits per heavy atom. The average Bonchev–Trinajstić information content (AvgIpc) is 3.10. The maximum atomic E-state index is 11.5. The Kier molecular flexibility index (Phi) is 4.02. The minimum atomic E-state index is -0.546. The summed E-state index contributed by atoms with van der Waals surface area (Å²) < 4.78 is 0. The summed E-state index contributed by atoms with van der Waals surface area (Å²) in [6, 6.07) is 6.41. The quantitative estimate of drug-likeness (QED) is 0.839. The van der Waals surface area contributed by atoms with Gasteiger partial charge in [-0.25, -0.2) is 0 Å². The van der Waals surface area contributed by atoms with Crippen molar-refractivity contribution in [1.82, 2.24) is 5.32 Å². The average molecular weight is 247 g/mol. The van der Waals surface area contributed by atoms with E-state index in [0.717, 1.165) is 24.0 Å². The zero-order chi connectivity index (χ0) is 13.1.